The summed E-state index contributed by atoms with van der Waals surface area (Å²) in [4.78, 5) is 27.4. The van der Waals surface area contributed by atoms with Gasteiger partial charge >= 0.3 is 0 Å². The summed E-state index contributed by atoms with van der Waals surface area (Å²) in [5, 5.41) is 2.84. The van der Waals surface area contributed by atoms with Gasteiger partial charge in [-0.05, 0) is 78.6 Å². The van der Waals surface area contributed by atoms with Crippen molar-refractivity contribution in [1.29, 1.82) is 0 Å². The highest BCUT2D eigenvalue weighted by Gasteiger charge is 2.32. The van der Waals surface area contributed by atoms with Crippen molar-refractivity contribution < 1.29 is 23.8 Å². The average molecular weight is 533 g/mol. The Bertz CT molecular complexity index is 1420. The van der Waals surface area contributed by atoms with Crippen molar-refractivity contribution in [3.8, 4) is 17.2 Å². The highest BCUT2D eigenvalue weighted by Crippen LogP contribution is 2.36. The van der Waals surface area contributed by atoms with Gasteiger partial charge < -0.3 is 19.5 Å². The summed E-state index contributed by atoms with van der Waals surface area (Å²) >= 11 is 6.73. The number of carbonyl (C=O) groups excluding carboxylic acids is 2. The Kier molecular flexibility index (Phi) is 7.16. The molecule has 2 amide bonds. The number of rotatable bonds is 7. The van der Waals surface area contributed by atoms with Gasteiger partial charge in [0.25, 0.3) is 11.8 Å². The monoisotopic (exact) mass is 532 g/mol. The van der Waals surface area contributed by atoms with Gasteiger partial charge in [-0.1, -0.05) is 48.2 Å². The Morgan fingerprint density at radius 3 is 2.62 bits per heavy atom. The summed E-state index contributed by atoms with van der Waals surface area (Å²) in [5.41, 5.74) is 4.75. The molecule has 0 radical (unpaired) electrons. The summed E-state index contributed by atoms with van der Waals surface area (Å²) < 4.78 is 16.9. The van der Waals surface area contributed by atoms with Crippen molar-refractivity contribution in [1.82, 2.24) is 4.90 Å². The molecule has 1 fully saturated rings. The van der Waals surface area contributed by atoms with Crippen molar-refractivity contribution in [2.24, 2.45) is 0 Å². The number of aryl methyl sites for hydroxylation is 2. The van der Waals surface area contributed by atoms with E-state index in [1.54, 1.807) is 23.1 Å². The van der Waals surface area contributed by atoms with E-state index in [0.29, 0.717) is 33.0 Å². The molecule has 37 heavy (non-hydrogen) atoms. The molecule has 2 aliphatic heterocycles. The van der Waals surface area contributed by atoms with Crippen molar-refractivity contribution >= 4 is 51.9 Å². The molecule has 1 saturated heterocycles. The summed E-state index contributed by atoms with van der Waals surface area (Å²) in [5.74, 6) is 1.55. The van der Waals surface area contributed by atoms with Crippen LogP contribution < -0.4 is 19.5 Å². The zero-order chi connectivity index (χ0) is 25.9. The van der Waals surface area contributed by atoms with Crippen molar-refractivity contribution in [2.45, 2.75) is 20.4 Å². The second-order valence-electron chi connectivity index (χ2n) is 8.66. The number of benzene rings is 3. The minimum absolute atomic E-state index is 0.106. The number of hydrogen-bond acceptors (Lipinski definition) is 7. The molecule has 0 spiro atoms. The van der Waals surface area contributed by atoms with E-state index in [1.165, 1.54) is 17.3 Å². The number of carbonyl (C=O) groups is 2. The Morgan fingerprint density at radius 1 is 1.05 bits per heavy atom. The van der Waals surface area contributed by atoms with Crippen molar-refractivity contribution in [3.63, 3.8) is 0 Å². The normalized spacial score (nSPS) is 15.4. The first-order chi connectivity index (χ1) is 17.9. The quantitative estimate of drug-likeness (QED) is 0.320. The first-order valence-corrected chi connectivity index (χ1v) is 12.8. The minimum Gasteiger partial charge on any atom is -0.484 e. The van der Waals surface area contributed by atoms with Crippen LogP contribution in [0.1, 0.15) is 22.3 Å². The van der Waals surface area contributed by atoms with Gasteiger partial charge in [-0.25, -0.2) is 0 Å². The van der Waals surface area contributed by atoms with E-state index >= 15 is 0 Å². The third kappa shape index (κ3) is 5.79. The second kappa shape index (κ2) is 10.7. The van der Waals surface area contributed by atoms with Gasteiger partial charge in [-0.2, -0.15) is 0 Å². The standard InChI is InChI=1S/C28H24N2O5S2/c1-17-3-7-21(11-18(17)2)29-26(31)15-33-22-8-4-19(5-9-22)13-25-27(32)30(28(36)37-25)14-20-6-10-23-24(12-20)35-16-34-23/h3-13H,14-16H2,1-2H3,(H,29,31)/b25-13-. The van der Waals surface area contributed by atoms with E-state index in [0.717, 1.165) is 22.4 Å². The SMILES string of the molecule is Cc1ccc(NC(=O)COc2ccc(/C=C3\SC(=S)N(Cc4ccc5c(c4)OCO5)C3=O)cc2)cc1C. The molecule has 1 N–H and O–H groups in total. The van der Waals surface area contributed by atoms with E-state index in [4.69, 9.17) is 26.4 Å². The zero-order valence-corrected chi connectivity index (χ0v) is 21.9. The number of nitrogens with zero attached hydrogens (tertiary/aromatic N) is 1. The third-order valence-electron chi connectivity index (χ3n) is 5.99. The number of nitrogens with one attached hydrogen (secondary N) is 1. The molecule has 0 aromatic heterocycles. The maximum absolute atomic E-state index is 13.0. The maximum Gasteiger partial charge on any atom is 0.266 e. The van der Waals surface area contributed by atoms with Crippen LogP contribution in [0.15, 0.2) is 65.6 Å². The number of fused-ring (bicyclic) bond motifs is 1. The van der Waals surface area contributed by atoms with Crippen LogP contribution in [-0.4, -0.2) is 34.4 Å². The number of amides is 2. The second-order valence-corrected chi connectivity index (χ2v) is 10.3. The molecule has 0 aliphatic carbocycles. The van der Waals surface area contributed by atoms with E-state index in [-0.39, 0.29) is 25.2 Å². The zero-order valence-electron chi connectivity index (χ0n) is 20.3. The predicted octanol–water partition coefficient (Wildman–Crippen LogP) is 5.45. The molecule has 9 heteroatoms. The molecule has 0 bridgehead atoms. The first-order valence-electron chi connectivity index (χ1n) is 11.6. The van der Waals surface area contributed by atoms with E-state index in [2.05, 4.69) is 5.32 Å². The molecule has 0 saturated carbocycles. The van der Waals surface area contributed by atoms with E-state index in [1.807, 2.05) is 62.4 Å². The van der Waals surface area contributed by atoms with Gasteiger partial charge in [0.2, 0.25) is 6.79 Å². The van der Waals surface area contributed by atoms with Gasteiger partial charge in [-0.15, -0.1) is 0 Å². The smallest absolute Gasteiger partial charge is 0.266 e. The molecular formula is C28H24N2O5S2. The fraction of sp³-hybridized carbons (Fsp3) is 0.179. The molecule has 2 heterocycles. The summed E-state index contributed by atoms with van der Waals surface area (Å²) in [7, 11) is 0. The summed E-state index contributed by atoms with van der Waals surface area (Å²) in [6.45, 7) is 4.48. The number of thiocarbonyl (C=S) groups is 1. The number of thioether (sulfide) groups is 1. The number of anilines is 1. The largest absolute Gasteiger partial charge is 0.484 e. The molecule has 7 nitrogen and oxygen atoms in total. The highest BCUT2D eigenvalue weighted by molar-refractivity contribution is 8.26. The summed E-state index contributed by atoms with van der Waals surface area (Å²) in [6, 6.07) is 18.6. The Balaban J connectivity index is 1.17. The first kappa shape index (κ1) is 24.9. The van der Waals surface area contributed by atoms with Gasteiger partial charge in [-0.3, -0.25) is 14.5 Å². The van der Waals surface area contributed by atoms with Gasteiger partial charge in [0, 0.05) is 5.69 Å². The van der Waals surface area contributed by atoms with Crippen LogP contribution in [0.3, 0.4) is 0 Å². The molecule has 5 rings (SSSR count). The van der Waals surface area contributed by atoms with E-state index in [9.17, 15) is 9.59 Å². The van der Waals surface area contributed by atoms with Crippen molar-refractivity contribution in [3.05, 3.63) is 87.8 Å². The Morgan fingerprint density at radius 2 is 1.84 bits per heavy atom. The fourth-order valence-corrected chi connectivity index (χ4v) is 5.09. The lowest BCUT2D eigenvalue weighted by Crippen LogP contribution is -2.27. The molecule has 0 unspecified atom stereocenters. The lowest BCUT2D eigenvalue weighted by molar-refractivity contribution is -0.122. The van der Waals surface area contributed by atoms with Crippen LogP contribution in [0.25, 0.3) is 6.08 Å². The highest BCUT2D eigenvalue weighted by atomic mass is 32.2. The number of ether oxygens (including phenoxy) is 3. The molecule has 2 aliphatic rings. The molecule has 3 aromatic carbocycles. The molecule has 188 valence electrons. The lowest BCUT2D eigenvalue weighted by atomic mass is 10.1. The van der Waals surface area contributed by atoms with Crippen LogP contribution in [-0.2, 0) is 16.1 Å². The average Bonchev–Trinajstić information content (AvgIpc) is 3.45. The Hall–Kier alpha value is -3.82. The molecule has 0 atom stereocenters. The molecular weight excluding hydrogens is 508 g/mol. The van der Waals surface area contributed by atoms with Crippen LogP contribution >= 0.6 is 24.0 Å². The minimum atomic E-state index is -0.238. The number of hydrogen-bond donors (Lipinski definition) is 1. The van der Waals surface area contributed by atoms with Crippen LogP contribution in [0.4, 0.5) is 5.69 Å². The molecule has 3 aromatic rings. The van der Waals surface area contributed by atoms with Crippen LogP contribution in [0.2, 0.25) is 0 Å². The third-order valence-corrected chi connectivity index (χ3v) is 7.37. The summed E-state index contributed by atoms with van der Waals surface area (Å²) in [6.07, 6.45) is 1.80. The van der Waals surface area contributed by atoms with Crippen LogP contribution in [0.5, 0.6) is 17.2 Å². The van der Waals surface area contributed by atoms with Gasteiger partial charge in [0.05, 0.1) is 11.4 Å². The van der Waals surface area contributed by atoms with Gasteiger partial charge in [0.15, 0.2) is 18.1 Å². The maximum atomic E-state index is 13.0. The lowest BCUT2D eigenvalue weighted by Gasteiger charge is -2.14. The van der Waals surface area contributed by atoms with E-state index < -0.39 is 0 Å². The topological polar surface area (TPSA) is 77.1 Å². The van der Waals surface area contributed by atoms with Crippen molar-refractivity contribution in [2.75, 3.05) is 18.7 Å². The van der Waals surface area contributed by atoms with Crippen LogP contribution in [0, 0.1) is 13.8 Å². The predicted molar refractivity (Wildman–Crippen MR) is 148 cm³/mol. The Labute approximate surface area is 224 Å². The van der Waals surface area contributed by atoms with Gasteiger partial charge in [0.1, 0.15) is 10.1 Å². The fourth-order valence-electron chi connectivity index (χ4n) is 3.83.